The summed E-state index contributed by atoms with van der Waals surface area (Å²) in [6.07, 6.45) is 1.93. The monoisotopic (exact) mass is 248 g/mol. The van der Waals surface area contributed by atoms with Gasteiger partial charge in [0.25, 0.3) is 0 Å². The second kappa shape index (κ2) is 7.17. The van der Waals surface area contributed by atoms with Gasteiger partial charge in [-0.2, -0.15) is 0 Å². The number of carbonyl (C=O) groups excluding carboxylic acids is 1. The van der Waals surface area contributed by atoms with Crippen LogP contribution in [0.3, 0.4) is 0 Å². The van der Waals surface area contributed by atoms with Crippen LogP contribution in [0.4, 0.5) is 0 Å². The highest BCUT2D eigenvalue weighted by molar-refractivity contribution is 5.79. The zero-order chi connectivity index (χ0) is 13.5. The molecule has 0 aliphatic carbocycles. The Balaban J connectivity index is 2.34. The third-order valence-electron chi connectivity index (χ3n) is 3.30. The minimum atomic E-state index is -0.135. The van der Waals surface area contributed by atoms with Gasteiger partial charge in [-0.1, -0.05) is 37.3 Å². The molecule has 0 fully saturated rings. The van der Waals surface area contributed by atoms with E-state index in [4.69, 9.17) is 5.73 Å². The number of hydrogen-bond donors (Lipinski definition) is 2. The normalized spacial score (nSPS) is 15.8. The Hall–Kier alpha value is -1.35. The zero-order valence-electron chi connectivity index (χ0n) is 11.5. The topological polar surface area (TPSA) is 55.1 Å². The van der Waals surface area contributed by atoms with Crippen LogP contribution in [-0.4, -0.2) is 18.0 Å². The molecule has 0 aliphatic rings. The Kier molecular flexibility index (Phi) is 5.86. The summed E-state index contributed by atoms with van der Waals surface area (Å²) in [5, 5.41) is 3.01. The van der Waals surface area contributed by atoms with Crippen LogP contribution in [0.1, 0.15) is 32.8 Å². The third kappa shape index (κ3) is 4.88. The van der Waals surface area contributed by atoms with Crippen LogP contribution in [0.2, 0.25) is 0 Å². The molecule has 0 aromatic heterocycles. The standard InChI is InChI=1S/C15H24N2O/c1-11(17-15(18)12(2)13(3)16)9-10-14-7-5-4-6-8-14/h4-8,11-13H,9-10,16H2,1-3H3,(H,17,18). The Morgan fingerprint density at radius 1 is 1.22 bits per heavy atom. The first kappa shape index (κ1) is 14.7. The van der Waals surface area contributed by atoms with Crippen LogP contribution in [0.15, 0.2) is 30.3 Å². The first-order chi connectivity index (χ1) is 8.50. The molecule has 0 bridgehead atoms. The van der Waals surface area contributed by atoms with Crippen molar-refractivity contribution in [2.75, 3.05) is 0 Å². The molecular weight excluding hydrogens is 224 g/mol. The van der Waals surface area contributed by atoms with Gasteiger partial charge in [0.15, 0.2) is 0 Å². The van der Waals surface area contributed by atoms with E-state index in [1.165, 1.54) is 5.56 Å². The van der Waals surface area contributed by atoms with E-state index >= 15 is 0 Å². The summed E-state index contributed by atoms with van der Waals surface area (Å²) < 4.78 is 0. The van der Waals surface area contributed by atoms with Crippen LogP contribution in [0.5, 0.6) is 0 Å². The molecule has 3 heteroatoms. The second-order valence-corrected chi connectivity index (χ2v) is 5.08. The Morgan fingerprint density at radius 3 is 2.39 bits per heavy atom. The minimum Gasteiger partial charge on any atom is -0.353 e. The van der Waals surface area contributed by atoms with Gasteiger partial charge in [-0.05, 0) is 32.3 Å². The van der Waals surface area contributed by atoms with E-state index in [9.17, 15) is 4.79 Å². The van der Waals surface area contributed by atoms with E-state index < -0.39 is 0 Å². The predicted octanol–water partition coefficient (Wildman–Crippen LogP) is 2.11. The first-order valence-corrected chi connectivity index (χ1v) is 6.60. The lowest BCUT2D eigenvalue weighted by atomic mass is 10.0. The van der Waals surface area contributed by atoms with Crippen molar-refractivity contribution in [2.24, 2.45) is 11.7 Å². The number of carbonyl (C=O) groups is 1. The van der Waals surface area contributed by atoms with Gasteiger partial charge in [0.05, 0.1) is 0 Å². The van der Waals surface area contributed by atoms with Crippen LogP contribution in [0.25, 0.3) is 0 Å². The molecule has 1 aromatic rings. The van der Waals surface area contributed by atoms with E-state index in [2.05, 4.69) is 17.4 Å². The highest BCUT2D eigenvalue weighted by atomic mass is 16.1. The fourth-order valence-corrected chi connectivity index (χ4v) is 1.71. The Bertz CT molecular complexity index is 362. The molecule has 3 nitrogen and oxygen atoms in total. The lowest BCUT2D eigenvalue weighted by Gasteiger charge is -2.19. The van der Waals surface area contributed by atoms with Gasteiger partial charge < -0.3 is 11.1 Å². The summed E-state index contributed by atoms with van der Waals surface area (Å²) in [6, 6.07) is 10.4. The second-order valence-electron chi connectivity index (χ2n) is 5.08. The molecule has 100 valence electrons. The molecule has 1 rings (SSSR count). The fraction of sp³-hybridized carbons (Fsp3) is 0.533. The van der Waals surface area contributed by atoms with Crippen molar-refractivity contribution in [3.63, 3.8) is 0 Å². The predicted molar refractivity (Wildman–Crippen MR) is 75.2 cm³/mol. The van der Waals surface area contributed by atoms with Crippen LogP contribution < -0.4 is 11.1 Å². The molecule has 3 unspecified atom stereocenters. The van der Waals surface area contributed by atoms with E-state index in [-0.39, 0.29) is 23.9 Å². The summed E-state index contributed by atoms with van der Waals surface area (Å²) in [4.78, 5) is 11.8. The average molecular weight is 248 g/mol. The Morgan fingerprint density at radius 2 is 1.83 bits per heavy atom. The quantitative estimate of drug-likeness (QED) is 0.810. The van der Waals surface area contributed by atoms with Crippen molar-refractivity contribution in [1.29, 1.82) is 0 Å². The number of aryl methyl sites for hydroxylation is 1. The lowest BCUT2D eigenvalue weighted by Crippen LogP contribution is -2.42. The van der Waals surface area contributed by atoms with Crippen molar-refractivity contribution in [3.05, 3.63) is 35.9 Å². The largest absolute Gasteiger partial charge is 0.353 e. The van der Waals surface area contributed by atoms with Gasteiger partial charge in [0, 0.05) is 18.0 Å². The number of nitrogens with one attached hydrogen (secondary N) is 1. The Labute approximate surface area is 110 Å². The molecule has 3 atom stereocenters. The maximum atomic E-state index is 11.8. The molecule has 0 heterocycles. The van der Waals surface area contributed by atoms with Gasteiger partial charge in [-0.15, -0.1) is 0 Å². The van der Waals surface area contributed by atoms with Gasteiger partial charge in [-0.25, -0.2) is 0 Å². The molecule has 0 saturated heterocycles. The van der Waals surface area contributed by atoms with E-state index in [1.807, 2.05) is 39.0 Å². The highest BCUT2D eigenvalue weighted by Crippen LogP contribution is 2.06. The SMILES string of the molecule is CC(CCc1ccccc1)NC(=O)C(C)C(C)N. The van der Waals surface area contributed by atoms with Gasteiger partial charge in [0.1, 0.15) is 0 Å². The molecule has 1 aromatic carbocycles. The minimum absolute atomic E-state index is 0.0468. The highest BCUT2D eigenvalue weighted by Gasteiger charge is 2.18. The van der Waals surface area contributed by atoms with Gasteiger partial charge >= 0.3 is 0 Å². The number of amides is 1. The van der Waals surface area contributed by atoms with Crippen LogP contribution in [-0.2, 0) is 11.2 Å². The van der Waals surface area contributed by atoms with E-state index in [1.54, 1.807) is 0 Å². The molecule has 0 saturated carbocycles. The van der Waals surface area contributed by atoms with E-state index in [0.717, 1.165) is 12.8 Å². The fourth-order valence-electron chi connectivity index (χ4n) is 1.71. The van der Waals surface area contributed by atoms with Crippen molar-refractivity contribution < 1.29 is 4.79 Å². The molecule has 1 amide bonds. The summed E-state index contributed by atoms with van der Waals surface area (Å²) in [6.45, 7) is 5.76. The summed E-state index contributed by atoms with van der Waals surface area (Å²) >= 11 is 0. The van der Waals surface area contributed by atoms with Crippen LogP contribution >= 0.6 is 0 Å². The maximum Gasteiger partial charge on any atom is 0.224 e. The lowest BCUT2D eigenvalue weighted by molar-refractivity contribution is -0.125. The number of benzene rings is 1. The van der Waals surface area contributed by atoms with Crippen LogP contribution in [0, 0.1) is 5.92 Å². The molecule has 0 aliphatic heterocycles. The molecule has 0 radical (unpaired) electrons. The number of nitrogens with two attached hydrogens (primary N) is 1. The summed E-state index contributed by atoms with van der Waals surface area (Å²) in [5.74, 6) is -0.0882. The molecule has 18 heavy (non-hydrogen) atoms. The van der Waals surface area contributed by atoms with Gasteiger partial charge in [-0.3, -0.25) is 4.79 Å². The maximum absolute atomic E-state index is 11.8. The summed E-state index contributed by atoms with van der Waals surface area (Å²) in [5.41, 5.74) is 7.02. The number of hydrogen-bond acceptors (Lipinski definition) is 2. The van der Waals surface area contributed by atoms with Crippen molar-refractivity contribution in [1.82, 2.24) is 5.32 Å². The van der Waals surface area contributed by atoms with E-state index in [0.29, 0.717) is 0 Å². The smallest absolute Gasteiger partial charge is 0.224 e. The molecule has 0 spiro atoms. The first-order valence-electron chi connectivity index (χ1n) is 6.60. The molecular formula is C15H24N2O. The van der Waals surface area contributed by atoms with Crippen molar-refractivity contribution >= 4 is 5.91 Å². The van der Waals surface area contributed by atoms with Gasteiger partial charge in [0.2, 0.25) is 5.91 Å². The molecule has 3 N–H and O–H groups in total. The van der Waals surface area contributed by atoms with Crippen molar-refractivity contribution in [2.45, 2.75) is 45.7 Å². The zero-order valence-corrected chi connectivity index (χ0v) is 11.5. The van der Waals surface area contributed by atoms with Crippen molar-refractivity contribution in [3.8, 4) is 0 Å². The summed E-state index contributed by atoms with van der Waals surface area (Å²) in [7, 11) is 0. The third-order valence-corrected chi connectivity index (χ3v) is 3.30. The number of rotatable bonds is 6. The average Bonchev–Trinajstić information content (AvgIpc) is 2.36.